The van der Waals surface area contributed by atoms with Crippen molar-refractivity contribution in [1.82, 2.24) is 0 Å². The number of allylic oxidation sites excluding steroid dienone is 4. The summed E-state index contributed by atoms with van der Waals surface area (Å²) in [6, 6.07) is 0. The molecule has 3 fully saturated rings. The van der Waals surface area contributed by atoms with Crippen LogP contribution in [0.1, 0.15) is 92.9 Å². The maximum absolute atomic E-state index is 10.2. The highest BCUT2D eigenvalue weighted by Gasteiger charge is 2.57. The molecule has 0 radical (unpaired) electrons. The lowest BCUT2D eigenvalue weighted by atomic mass is 9.47. The zero-order chi connectivity index (χ0) is 21.0. The summed E-state index contributed by atoms with van der Waals surface area (Å²) in [6.45, 7) is 14.7. The zero-order valence-electron chi connectivity index (χ0n) is 20.0. The van der Waals surface area contributed by atoms with Crippen LogP contribution < -0.4 is 0 Å². The molecule has 0 heterocycles. The smallest absolute Gasteiger partial charge is 0.0543 e. The maximum atomic E-state index is 10.2. The Hall–Kier alpha value is -0.560. The molecule has 1 N–H and O–H groups in total. The van der Waals surface area contributed by atoms with Gasteiger partial charge in [0.25, 0.3) is 0 Å². The third kappa shape index (κ3) is 3.58. The van der Waals surface area contributed by atoms with Crippen LogP contribution in [0, 0.1) is 52.3 Å². The van der Waals surface area contributed by atoms with E-state index in [1.54, 1.807) is 0 Å². The molecule has 4 aliphatic rings. The molecule has 0 spiro atoms. The quantitative estimate of drug-likeness (QED) is 0.489. The van der Waals surface area contributed by atoms with Gasteiger partial charge in [-0.1, -0.05) is 65.3 Å². The fourth-order valence-electron chi connectivity index (χ4n) is 8.10. The SMILES string of the molecule is CC(C)[C@@H](C)/C=C/[C@@H](C)[C@H]1CC[C@@H]2C3=CC[C@@H]4C[C@@H](O)CC[C@]4(C)[C@H]3CC[C@@]21C. The third-order valence-corrected chi connectivity index (χ3v) is 10.5. The molecule has 0 aromatic carbocycles. The average Bonchev–Trinajstić information content (AvgIpc) is 3.03. The van der Waals surface area contributed by atoms with Gasteiger partial charge in [-0.15, -0.1) is 0 Å². The van der Waals surface area contributed by atoms with Gasteiger partial charge in [0.2, 0.25) is 0 Å². The van der Waals surface area contributed by atoms with Crippen molar-refractivity contribution in [3.05, 3.63) is 23.8 Å². The minimum absolute atomic E-state index is 0.0476. The molecule has 0 aromatic rings. The number of hydrogen-bond donors (Lipinski definition) is 1. The number of rotatable bonds is 4. The normalized spacial score (nSPS) is 46.8. The molecule has 164 valence electrons. The maximum Gasteiger partial charge on any atom is 0.0543 e. The lowest BCUT2D eigenvalue weighted by molar-refractivity contribution is -0.0414. The third-order valence-electron chi connectivity index (χ3n) is 10.5. The van der Waals surface area contributed by atoms with Crippen molar-refractivity contribution in [2.24, 2.45) is 52.3 Å². The second-order valence-corrected chi connectivity index (χ2v) is 12.3. The van der Waals surface area contributed by atoms with Crippen molar-refractivity contribution in [2.75, 3.05) is 0 Å². The van der Waals surface area contributed by atoms with E-state index >= 15 is 0 Å². The summed E-state index contributed by atoms with van der Waals surface area (Å²) in [5, 5.41) is 10.2. The first kappa shape index (κ1) is 21.7. The Kier molecular flexibility index (Phi) is 5.86. The fraction of sp³-hybridized carbons (Fsp3) is 0.857. The van der Waals surface area contributed by atoms with Gasteiger partial charge in [-0.3, -0.25) is 0 Å². The van der Waals surface area contributed by atoms with Gasteiger partial charge in [-0.25, -0.2) is 0 Å². The number of aliphatic hydroxyl groups is 1. The van der Waals surface area contributed by atoms with Crippen molar-refractivity contribution in [3.63, 3.8) is 0 Å². The highest BCUT2D eigenvalue weighted by Crippen LogP contribution is 2.66. The van der Waals surface area contributed by atoms with Gasteiger partial charge in [-0.05, 0) is 104 Å². The molecular formula is C28H46O. The second kappa shape index (κ2) is 7.85. The van der Waals surface area contributed by atoms with Crippen molar-refractivity contribution in [1.29, 1.82) is 0 Å². The van der Waals surface area contributed by atoms with Crippen LogP contribution in [0.25, 0.3) is 0 Å². The molecule has 0 unspecified atom stereocenters. The van der Waals surface area contributed by atoms with E-state index in [-0.39, 0.29) is 6.10 Å². The van der Waals surface area contributed by atoms with Crippen LogP contribution in [0.2, 0.25) is 0 Å². The van der Waals surface area contributed by atoms with E-state index in [0.29, 0.717) is 28.6 Å². The zero-order valence-corrected chi connectivity index (χ0v) is 20.0. The van der Waals surface area contributed by atoms with Crippen molar-refractivity contribution in [2.45, 2.75) is 99.0 Å². The predicted molar refractivity (Wildman–Crippen MR) is 124 cm³/mol. The molecule has 9 atom stereocenters. The molecule has 3 saturated carbocycles. The van der Waals surface area contributed by atoms with E-state index in [4.69, 9.17) is 0 Å². The first-order valence-corrected chi connectivity index (χ1v) is 12.7. The Morgan fingerprint density at radius 1 is 0.931 bits per heavy atom. The molecule has 29 heavy (non-hydrogen) atoms. The molecule has 4 aliphatic carbocycles. The number of fused-ring (bicyclic) bond motifs is 5. The predicted octanol–water partition coefficient (Wildman–Crippen LogP) is 7.41. The van der Waals surface area contributed by atoms with Crippen LogP contribution in [0.5, 0.6) is 0 Å². The van der Waals surface area contributed by atoms with Crippen LogP contribution >= 0.6 is 0 Å². The lowest BCUT2D eigenvalue weighted by Gasteiger charge is -2.57. The summed E-state index contributed by atoms with van der Waals surface area (Å²) in [4.78, 5) is 0. The average molecular weight is 399 g/mol. The molecule has 0 aromatic heterocycles. The molecule has 0 aliphatic heterocycles. The van der Waals surface area contributed by atoms with E-state index in [1.807, 2.05) is 5.57 Å². The fourth-order valence-corrected chi connectivity index (χ4v) is 8.10. The van der Waals surface area contributed by atoms with Gasteiger partial charge < -0.3 is 5.11 Å². The number of aliphatic hydroxyl groups excluding tert-OH is 1. The Bertz CT molecular complexity index is 659. The second-order valence-electron chi connectivity index (χ2n) is 12.3. The van der Waals surface area contributed by atoms with Crippen LogP contribution in [0.3, 0.4) is 0 Å². The van der Waals surface area contributed by atoms with Gasteiger partial charge in [0.1, 0.15) is 0 Å². The van der Waals surface area contributed by atoms with E-state index in [2.05, 4.69) is 59.8 Å². The van der Waals surface area contributed by atoms with Crippen LogP contribution in [-0.4, -0.2) is 11.2 Å². The highest BCUT2D eigenvalue weighted by atomic mass is 16.3. The highest BCUT2D eigenvalue weighted by molar-refractivity contribution is 5.28. The topological polar surface area (TPSA) is 20.2 Å². The van der Waals surface area contributed by atoms with Gasteiger partial charge in [0.15, 0.2) is 0 Å². The summed E-state index contributed by atoms with van der Waals surface area (Å²) in [5.41, 5.74) is 2.79. The monoisotopic (exact) mass is 398 g/mol. The summed E-state index contributed by atoms with van der Waals surface area (Å²) in [5.74, 6) is 5.25. The van der Waals surface area contributed by atoms with E-state index in [1.165, 1.54) is 38.5 Å². The molecule has 0 saturated heterocycles. The molecule has 1 nitrogen and oxygen atoms in total. The summed E-state index contributed by atoms with van der Waals surface area (Å²) in [6.07, 6.45) is 17.8. The molecule has 0 amide bonds. The molecule has 1 heteroatoms. The first-order valence-electron chi connectivity index (χ1n) is 12.7. The Morgan fingerprint density at radius 3 is 2.34 bits per heavy atom. The summed E-state index contributed by atoms with van der Waals surface area (Å²) >= 11 is 0. The van der Waals surface area contributed by atoms with Gasteiger partial charge in [-0.2, -0.15) is 0 Å². The Morgan fingerprint density at radius 2 is 1.62 bits per heavy atom. The standard InChI is InChI=1S/C28H46O/c1-18(2)19(3)7-8-20(4)24-11-12-25-23-10-9-21-17-22(29)13-15-27(21,5)26(23)14-16-28(24,25)6/h7-8,10,18-22,24-26,29H,9,11-17H2,1-6H3/b8-7+/t19-,20+,21+,22-,24+,25+,26-,27-,28+/m0/s1. The molecule has 0 bridgehead atoms. The lowest BCUT2D eigenvalue weighted by Crippen LogP contribution is -2.49. The van der Waals surface area contributed by atoms with Crippen LogP contribution in [0.15, 0.2) is 23.8 Å². The van der Waals surface area contributed by atoms with Crippen molar-refractivity contribution >= 4 is 0 Å². The minimum Gasteiger partial charge on any atom is -0.393 e. The molecular weight excluding hydrogens is 352 g/mol. The van der Waals surface area contributed by atoms with Crippen molar-refractivity contribution < 1.29 is 5.11 Å². The van der Waals surface area contributed by atoms with Crippen molar-refractivity contribution in [3.8, 4) is 0 Å². The van der Waals surface area contributed by atoms with E-state index < -0.39 is 0 Å². The largest absolute Gasteiger partial charge is 0.393 e. The van der Waals surface area contributed by atoms with E-state index in [9.17, 15) is 5.11 Å². The van der Waals surface area contributed by atoms with Gasteiger partial charge >= 0.3 is 0 Å². The van der Waals surface area contributed by atoms with Gasteiger partial charge in [0, 0.05) is 0 Å². The van der Waals surface area contributed by atoms with Gasteiger partial charge in [0.05, 0.1) is 6.10 Å². The summed E-state index contributed by atoms with van der Waals surface area (Å²) < 4.78 is 0. The minimum atomic E-state index is -0.0476. The Labute approximate surface area is 180 Å². The summed E-state index contributed by atoms with van der Waals surface area (Å²) in [7, 11) is 0. The Balaban J connectivity index is 1.54. The number of hydrogen-bond acceptors (Lipinski definition) is 1. The molecule has 4 rings (SSSR count). The van der Waals surface area contributed by atoms with Crippen LogP contribution in [-0.2, 0) is 0 Å². The first-order chi connectivity index (χ1) is 13.7. The van der Waals surface area contributed by atoms with E-state index in [0.717, 1.165) is 36.5 Å². The van der Waals surface area contributed by atoms with Crippen LogP contribution in [0.4, 0.5) is 0 Å².